The molecule has 1 N–H and O–H groups in total. The standard InChI is InChI=1S/C4H8O/c1-3-2-4(3)5/h3-5H,2H2,1H3/t3?,4-/m1/s1. The molecule has 1 saturated carbocycles. The highest BCUT2D eigenvalue weighted by Crippen LogP contribution is 2.27. The molecule has 1 heteroatoms. The fourth-order valence-corrected chi connectivity index (χ4v) is 0.302. The summed E-state index contributed by atoms with van der Waals surface area (Å²) in [5.74, 6) is 0.606. The average Bonchev–Trinajstić information content (AvgIpc) is 1.79. The van der Waals surface area contributed by atoms with Crippen LogP contribution in [0.3, 0.4) is 0 Å². The molecule has 0 saturated heterocycles. The Morgan fingerprint density at radius 3 is 2.00 bits per heavy atom. The predicted molar refractivity (Wildman–Crippen MR) is 19.8 cm³/mol. The van der Waals surface area contributed by atoms with Crippen LogP contribution in [0.5, 0.6) is 0 Å². The molecule has 1 aliphatic carbocycles. The molecule has 0 bridgehead atoms. The molecule has 0 aliphatic heterocycles. The van der Waals surface area contributed by atoms with Gasteiger partial charge in [0.25, 0.3) is 0 Å². The summed E-state index contributed by atoms with van der Waals surface area (Å²) in [6, 6.07) is 0. The lowest BCUT2D eigenvalue weighted by Gasteiger charge is -1.68. The van der Waals surface area contributed by atoms with Crippen LogP contribution in [0.25, 0.3) is 0 Å². The van der Waals surface area contributed by atoms with Crippen LogP contribution in [-0.4, -0.2) is 11.2 Å². The van der Waals surface area contributed by atoms with Gasteiger partial charge in [-0.3, -0.25) is 0 Å². The average molecular weight is 72.1 g/mol. The zero-order valence-corrected chi connectivity index (χ0v) is 3.31. The minimum atomic E-state index is 0.0509. The topological polar surface area (TPSA) is 20.2 Å². The highest BCUT2D eigenvalue weighted by molar-refractivity contribution is 4.80. The highest BCUT2D eigenvalue weighted by atomic mass is 16.3. The van der Waals surface area contributed by atoms with Gasteiger partial charge in [0, 0.05) is 0 Å². The minimum Gasteiger partial charge on any atom is -0.393 e. The molecule has 0 heterocycles. The molecule has 1 aliphatic rings. The third kappa shape index (κ3) is 0.428. The van der Waals surface area contributed by atoms with Gasteiger partial charge in [-0.2, -0.15) is 0 Å². The van der Waals surface area contributed by atoms with E-state index in [0.29, 0.717) is 5.92 Å². The van der Waals surface area contributed by atoms with Crippen LogP contribution in [0.4, 0.5) is 0 Å². The molecule has 1 unspecified atom stereocenters. The first-order chi connectivity index (χ1) is 2.30. The van der Waals surface area contributed by atoms with E-state index >= 15 is 0 Å². The Morgan fingerprint density at radius 1 is 1.80 bits per heavy atom. The zero-order valence-electron chi connectivity index (χ0n) is 3.31. The van der Waals surface area contributed by atoms with Gasteiger partial charge >= 0.3 is 0 Å². The van der Waals surface area contributed by atoms with Gasteiger partial charge in [-0.15, -0.1) is 0 Å². The van der Waals surface area contributed by atoms with E-state index in [1.165, 1.54) is 0 Å². The normalized spacial score (nSPS) is 49.2. The summed E-state index contributed by atoms with van der Waals surface area (Å²) in [6.45, 7) is 2.05. The van der Waals surface area contributed by atoms with Gasteiger partial charge in [-0.05, 0) is 12.3 Å². The fraction of sp³-hybridized carbons (Fsp3) is 1.00. The van der Waals surface area contributed by atoms with Crippen LogP contribution < -0.4 is 0 Å². The maximum Gasteiger partial charge on any atom is 0.0570 e. The smallest absolute Gasteiger partial charge is 0.0570 e. The van der Waals surface area contributed by atoms with Gasteiger partial charge in [0.1, 0.15) is 0 Å². The van der Waals surface area contributed by atoms with Gasteiger partial charge in [0.05, 0.1) is 6.10 Å². The maximum atomic E-state index is 8.44. The molecule has 0 amide bonds. The van der Waals surface area contributed by atoms with Crippen LogP contribution in [0, 0.1) is 5.92 Å². The first kappa shape index (κ1) is 3.16. The summed E-state index contributed by atoms with van der Waals surface area (Å²) < 4.78 is 0. The van der Waals surface area contributed by atoms with Crippen LogP contribution in [0.2, 0.25) is 0 Å². The monoisotopic (exact) mass is 72.1 g/mol. The fourth-order valence-electron chi connectivity index (χ4n) is 0.302. The van der Waals surface area contributed by atoms with Crippen molar-refractivity contribution in [2.75, 3.05) is 0 Å². The largest absolute Gasteiger partial charge is 0.393 e. The van der Waals surface area contributed by atoms with Crippen LogP contribution in [0.15, 0.2) is 0 Å². The van der Waals surface area contributed by atoms with Crippen molar-refractivity contribution in [2.45, 2.75) is 19.4 Å². The van der Waals surface area contributed by atoms with Crippen molar-refractivity contribution in [3.05, 3.63) is 0 Å². The lowest BCUT2D eigenvalue weighted by molar-refractivity contribution is 0.263. The van der Waals surface area contributed by atoms with Crippen molar-refractivity contribution < 1.29 is 5.11 Å². The van der Waals surface area contributed by atoms with E-state index in [2.05, 4.69) is 0 Å². The number of hydrogen-bond donors (Lipinski definition) is 1. The highest BCUT2D eigenvalue weighted by Gasteiger charge is 2.29. The molecule has 30 valence electrons. The molecule has 0 aromatic rings. The number of rotatable bonds is 0. The maximum absolute atomic E-state index is 8.44. The second kappa shape index (κ2) is 0.716. The van der Waals surface area contributed by atoms with Crippen molar-refractivity contribution in [2.24, 2.45) is 5.92 Å². The third-order valence-electron chi connectivity index (χ3n) is 1.07. The lowest BCUT2D eigenvalue weighted by Crippen LogP contribution is -1.74. The van der Waals surface area contributed by atoms with Gasteiger partial charge in [-0.1, -0.05) is 6.92 Å². The first-order valence-electron chi connectivity index (χ1n) is 1.99. The summed E-state index contributed by atoms with van der Waals surface area (Å²) in [6.07, 6.45) is 1.08. The Labute approximate surface area is 31.6 Å². The summed E-state index contributed by atoms with van der Waals surface area (Å²) in [4.78, 5) is 0. The van der Waals surface area contributed by atoms with Gasteiger partial charge in [0.15, 0.2) is 0 Å². The van der Waals surface area contributed by atoms with Crippen molar-refractivity contribution >= 4 is 0 Å². The molecule has 0 spiro atoms. The zero-order chi connectivity index (χ0) is 3.86. The Bertz CT molecular complexity index is 36.9. The van der Waals surface area contributed by atoms with Gasteiger partial charge in [0.2, 0.25) is 0 Å². The molecule has 0 radical (unpaired) electrons. The van der Waals surface area contributed by atoms with Crippen molar-refractivity contribution in [3.63, 3.8) is 0 Å². The first-order valence-corrected chi connectivity index (χ1v) is 1.99. The number of aliphatic hydroxyl groups is 1. The molecule has 1 rings (SSSR count). The molecule has 1 fully saturated rings. The van der Waals surface area contributed by atoms with Gasteiger partial charge in [-0.25, -0.2) is 0 Å². The summed E-state index contributed by atoms with van der Waals surface area (Å²) in [7, 11) is 0. The van der Waals surface area contributed by atoms with E-state index in [1.807, 2.05) is 6.92 Å². The summed E-state index contributed by atoms with van der Waals surface area (Å²) in [5, 5.41) is 8.44. The van der Waals surface area contributed by atoms with Crippen LogP contribution >= 0.6 is 0 Å². The second-order valence-electron chi connectivity index (χ2n) is 1.78. The van der Waals surface area contributed by atoms with Crippen molar-refractivity contribution in [1.29, 1.82) is 0 Å². The number of aliphatic hydroxyl groups excluding tert-OH is 1. The summed E-state index contributed by atoms with van der Waals surface area (Å²) >= 11 is 0. The van der Waals surface area contributed by atoms with Crippen LogP contribution in [0.1, 0.15) is 13.3 Å². The third-order valence-corrected chi connectivity index (χ3v) is 1.07. The van der Waals surface area contributed by atoms with E-state index in [9.17, 15) is 0 Å². The molecule has 0 aromatic heterocycles. The van der Waals surface area contributed by atoms with Crippen LogP contribution in [-0.2, 0) is 0 Å². The summed E-state index contributed by atoms with van der Waals surface area (Å²) in [5.41, 5.74) is 0. The van der Waals surface area contributed by atoms with E-state index in [4.69, 9.17) is 5.11 Å². The predicted octanol–water partition coefficient (Wildman–Crippen LogP) is 0.387. The molecule has 5 heavy (non-hydrogen) atoms. The minimum absolute atomic E-state index is 0.0509. The second-order valence-corrected chi connectivity index (χ2v) is 1.78. The van der Waals surface area contributed by atoms with E-state index < -0.39 is 0 Å². The van der Waals surface area contributed by atoms with E-state index in [1.54, 1.807) is 0 Å². The Balaban J connectivity index is 2.20. The molecular formula is C4H8O. The van der Waals surface area contributed by atoms with E-state index in [-0.39, 0.29) is 6.10 Å². The quantitative estimate of drug-likeness (QED) is 0.439. The SMILES string of the molecule is CC1C[C@H]1O. The number of hydrogen-bond acceptors (Lipinski definition) is 1. The Kier molecular flexibility index (Phi) is 0.453. The molecule has 2 atom stereocenters. The van der Waals surface area contributed by atoms with E-state index in [0.717, 1.165) is 6.42 Å². The lowest BCUT2D eigenvalue weighted by atomic mass is 10.5. The molecular weight excluding hydrogens is 64.0 g/mol. The van der Waals surface area contributed by atoms with Crippen molar-refractivity contribution in [1.82, 2.24) is 0 Å². The molecule has 0 aromatic carbocycles. The van der Waals surface area contributed by atoms with Crippen molar-refractivity contribution in [3.8, 4) is 0 Å². The Hall–Kier alpha value is -0.0400. The molecule has 1 nitrogen and oxygen atoms in total. The Morgan fingerprint density at radius 2 is 2.00 bits per heavy atom. The van der Waals surface area contributed by atoms with Gasteiger partial charge < -0.3 is 5.11 Å².